The number of carboxylic acid groups (broad SMARTS) is 1. The number of nitrogens with zero attached hydrogens (tertiary/aromatic N) is 1. The number of nitro groups is 1. The Bertz CT molecular complexity index is 560. The van der Waals surface area contributed by atoms with Gasteiger partial charge >= 0.3 is 11.7 Å². The fourth-order valence-electron chi connectivity index (χ4n) is 1.56. The van der Waals surface area contributed by atoms with Crippen LogP contribution in [0.5, 0.6) is 5.75 Å². The SMILES string of the molecule is COc1ccc(NC(=O)C(N)CCC(=O)O)cc1[N+](=O)[O-]. The molecule has 9 nitrogen and oxygen atoms in total. The number of nitro benzene ring substituents is 1. The second kappa shape index (κ2) is 7.20. The monoisotopic (exact) mass is 297 g/mol. The average Bonchev–Trinajstić information content (AvgIpc) is 2.44. The number of ether oxygens (including phenoxy) is 1. The fraction of sp³-hybridized carbons (Fsp3) is 0.333. The lowest BCUT2D eigenvalue weighted by Crippen LogP contribution is -2.36. The smallest absolute Gasteiger partial charge is 0.312 e. The van der Waals surface area contributed by atoms with E-state index in [1.807, 2.05) is 0 Å². The van der Waals surface area contributed by atoms with Crippen molar-refractivity contribution in [3.8, 4) is 5.75 Å². The molecule has 0 aliphatic carbocycles. The molecule has 0 saturated heterocycles. The Labute approximate surface area is 119 Å². The van der Waals surface area contributed by atoms with Crippen molar-refractivity contribution in [1.82, 2.24) is 0 Å². The van der Waals surface area contributed by atoms with Crippen molar-refractivity contribution in [3.63, 3.8) is 0 Å². The van der Waals surface area contributed by atoms with Crippen LogP contribution < -0.4 is 15.8 Å². The molecule has 1 unspecified atom stereocenters. The van der Waals surface area contributed by atoms with Gasteiger partial charge in [0, 0.05) is 18.2 Å². The highest BCUT2D eigenvalue weighted by atomic mass is 16.6. The van der Waals surface area contributed by atoms with Crippen molar-refractivity contribution < 1.29 is 24.4 Å². The highest BCUT2D eigenvalue weighted by molar-refractivity contribution is 5.95. The van der Waals surface area contributed by atoms with Crippen LogP contribution in [0.3, 0.4) is 0 Å². The summed E-state index contributed by atoms with van der Waals surface area (Å²) in [5.74, 6) is -1.61. The Balaban J connectivity index is 2.78. The Kier molecular flexibility index (Phi) is 5.61. The fourth-order valence-corrected chi connectivity index (χ4v) is 1.56. The summed E-state index contributed by atoms with van der Waals surface area (Å²) in [6, 6.07) is 2.90. The van der Waals surface area contributed by atoms with Gasteiger partial charge in [0.1, 0.15) is 0 Å². The first kappa shape index (κ1) is 16.4. The number of rotatable bonds is 7. The second-order valence-corrected chi connectivity index (χ2v) is 4.17. The lowest BCUT2D eigenvalue weighted by atomic mass is 10.1. The molecule has 0 fully saturated rings. The highest BCUT2D eigenvalue weighted by Gasteiger charge is 2.19. The number of carbonyl (C=O) groups is 2. The molecule has 0 bridgehead atoms. The van der Waals surface area contributed by atoms with Gasteiger partial charge in [0.05, 0.1) is 18.1 Å². The quantitative estimate of drug-likeness (QED) is 0.497. The molecule has 0 aromatic heterocycles. The van der Waals surface area contributed by atoms with Crippen molar-refractivity contribution in [1.29, 1.82) is 0 Å². The lowest BCUT2D eigenvalue weighted by Gasteiger charge is -2.11. The Morgan fingerprint density at radius 1 is 1.52 bits per heavy atom. The van der Waals surface area contributed by atoms with Crippen molar-refractivity contribution in [2.45, 2.75) is 18.9 Å². The minimum Gasteiger partial charge on any atom is -0.490 e. The number of anilines is 1. The predicted octanol–water partition coefficient (Wildman–Crippen LogP) is 0.734. The molecule has 9 heteroatoms. The number of nitrogens with two attached hydrogens (primary N) is 1. The van der Waals surface area contributed by atoms with E-state index in [-0.39, 0.29) is 30.0 Å². The van der Waals surface area contributed by atoms with Crippen LogP contribution in [-0.2, 0) is 9.59 Å². The maximum Gasteiger partial charge on any atom is 0.312 e. The van der Waals surface area contributed by atoms with Gasteiger partial charge in [0.2, 0.25) is 5.91 Å². The molecule has 1 aromatic rings. The van der Waals surface area contributed by atoms with E-state index < -0.39 is 22.8 Å². The first-order valence-electron chi connectivity index (χ1n) is 5.95. The third kappa shape index (κ3) is 4.73. The van der Waals surface area contributed by atoms with Crippen LogP contribution in [0.1, 0.15) is 12.8 Å². The molecule has 21 heavy (non-hydrogen) atoms. The number of amides is 1. The van der Waals surface area contributed by atoms with Crippen LogP contribution in [0, 0.1) is 10.1 Å². The van der Waals surface area contributed by atoms with Crippen molar-refractivity contribution in [3.05, 3.63) is 28.3 Å². The van der Waals surface area contributed by atoms with Gasteiger partial charge in [-0.05, 0) is 18.6 Å². The van der Waals surface area contributed by atoms with Gasteiger partial charge in [0.15, 0.2) is 5.75 Å². The summed E-state index contributed by atoms with van der Waals surface area (Å²) in [4.78, 5) is 32.3. The molecule has 0 aliphatic rings. The standard InChI is InChI=1S/C12H15N3O6/c1-21-10-4-2-7(6-9(10)15(19)20)14-12(18)8(13)3-5-11(16)17/h2,4,6,8H,3,5,13H2,1H3,(H,14,18)(H,16,17). The third-order valence-electron chi connectivity index (χ3n) is 2.65. The Hall–Kier alpha value is -2.68. The summed E-state index contributed by atoms with van der Waals surface area (Å²) in [6.07, 6.45) is -0.267. The maximum absolute atomic E-state index is 11.7. The second-order valence-electron chi connectivity index (χ2n) is 4.17. The molecular formula is C12H15N3O6. The van der Waals surface area contributed by atoms with E-state index in [0.717, 1.165) is 6.07 Å². The molecule has 0 saturated carbocycles. The van der Waals surface area contributed by atoms with E-state index >= 15 is 0 Å². The summed E-state index contributed by atoms with van der Waals surface area (Å²) in [5.41, 5.74) is 5.42. The average molecular weight is 297 g/mol. The van der Waals surface area contributed by atoms with Crippen LogP contribution in [-0.4, -0.2) is 35.1 Å². The third-order valence-corrected chi connectivity index (χ3v) is 2.65. The van der Waals surface area contributed by atoms with E-state index in [1.165, 1.54) is 19.2 Å². The molecule has 1 atom stereocenters. The number of hydrogen-bond acceptors (Lipinski definition) is 6. The van der Waals surface area contributed by atoms with Gasteiger partial charge in [-0.25, -0.2) is 0 Å². The van der Waals surface area contributed by atoms with Crippen LogP contribution in [0.15, 0.2) is 18.2 Å². The van der Waals surface area contributed by atoms with Crippen LogP contribution in [0.2, 0.25) is 0 Å². The number of methoxy groups -OCH3 is 1. The zero-order chi connectivity index (χ0) is 16.0. The summed E-state index contributed by atoms with van der Waals surface area (Å²) >= 11 is 0. The van der Waals surface area contributed by atoms with E-state index in [0.29, 0.717) is 0 Å². The normalized spacial score (nSPS) is 11.5. The number of benzene rings is 1. The topological polar surface area (TPSA) is 145 Å². The number of carbonyl (C=O) groups excluding carboxylic acids is 1. The Morgan fingerprint density at radius 2 is 2.19 bits per heavy atom. The number of carboxylic acids is 1. The molecule has 0 aliphatic heterocycles. The summed E-state index contributed by atoms with van der Waals surface area (Å²) in [7, 11) is 1.29. The molecule has 1 amide bonds. The summed E-state index contributed by atoms with van der Waals surface area (Å²) in [5, 5.41) is 21.8. The zero-order valence-corrected chi connectivity index (χ0v) is 11.2. The van der Waals surface area contributed by atoms with Crippen LogP contribution in [0.4, 0.5) is 11.4 Å². The van der Waals surface area contributed by atoms with Gasteiger partial charge in [-0.2, -0.15) is 0 Å². The lowest BCUT2D eigenvalue weighted by molar-refractivity contribution is -0.385. The number of aliphatic carboxylic acids is 1. The van der Waals surface area contributed by atoms with Crippen molar-refractivity contribution in [2.24, 2.45) is 5.73 Å². The minimum absolute atomic E-state index is 0.0284. The highest BCUT2D eigenvalue weighted by Crippen LogP contribution is 2.29. The van der Waals surface area contributed by atoms with Crippen LogP contribution >= 0.6 is 0 Å². The van der Waals surface area contributed by atoms with Crippen molar-refractivity contribution >= 4 is 23.3 Å². The van der Waals surface area contributed by atoms with E-state index in [9.17, 15) is 19.7 Å². The zero-order valence-electron chi connectivity index (χ0n) is 11.2. The Morgan fingerprint density at radius 3 is 2.71 bits per heavy atom. The molecule has 0 spiro atoms. The van der Waals surface area contributed by atoms with Crippen LogP contribution in [0.25, 0.3) is 0 Å². The van der Waals surface area contributed by atoms with E-state index in [1.54, 1.807) is 0 Å². The largest absolute Gasteiger partial charge is 0.490 e. The summed E-state index contributed by atoms with van der Waals surface area (Å²) < 4.78 is 4.83. The molecule has 1 aromatic carbocycles. The van der Waals surface area contributed by atoms with Gasteiger partial charge < -0.3 is 20.9 Å². The van der Waals surface area contributed by atoms with Gasteiger partial charge in [0.25, 0.3) is 0 Å². The minimum atomic E-state index is -1.06. The van der Waals surface area contributed by atoms with Gasteiger partial charge in [-0.3, -0.25) is 19.7 Å². The molecule has 0 heterocycles. The van der Waals surface area contributed by atoms with Gasteiger partial charge in [-0.15, -0.1) is 0 Å². The first-order valence-corrected chi connectivity index (χ1v) is 5.95. The van der Waals surface area contributed by atoms with E-state index in [4.69, 9.17) is 15.6 Å². The van der Waals surface area contributed by atoms with Crippen molar-refractivity contribution in [2.75, 3.05) is 12.4 Å². The molecule has 4 N–H and O–H groups in total. The first-order chi connectivity index (χ1) is 9.85. The maximum atomic E-state index is 11.7. The van der Waals surface area contributed by atoms with E-state index in [2.05, 4.69) is 5.32 Å². The molecule has 114 valence electrons. The molecule has 1 rings (SSSR count). The predicted molar refractivity (Wildman–Crippen MR) is 73.1 cm³/mol. The molecule has 0 radical (unpaired) electrons. The summed E-state index contributed by atoms with van der Waals surface area (Å²) in [6.45, 7) is 0. The van der Waals surface area contributed by atoms with Gasteiger partial charge in [-0.1, -0.05) is 0 Å². The molecular weight excluding hydrogens is 282 g/mol. The number of hydrogen-bond donors (Lipinski definition) is 3. The number of nitrogens with one attached hydrogen (secondary N) is 1.